The number of nitrogens with one attached hydrogen (secondary N) is 1. The summed E-state index contributed by atoms with van der Waals surface area (Å²) in [5, 5.41) is 10.5. The zero-order valence-corrected chi connectivity index (χ0v) is 14.6. The van der Waals surface area contributed by atoms with Crippen molar-refractivity contribution >= 4 is 27.0 Å². The highest BCUT2D eigenvalue weighted by atomic mass is 32.2. The number of rotatable bonds is 4. The van der Waals surface area contributed by atoms with Crippen molar-refractivity contribution in [3.8, 4) is 0 Å². The average Bonchev–Trinajstić information content (AvgIpc) is 3.01. The van der Waals surface area contributed by atoms with Gasteiger partial charge in [0.05, 0.1) is 6.26 Å². The molecule has 1 aromatic carbocycles. The summed E-state index contributed by atoms with van der Waals surface area (Å²) in [6, 6.07) is 5.20. The van der Waals surface area contributed by atoms with Crippen molar-refractivity contribution in [3.63, 3.8) is 0 Å². The lowest BCUT2D eigenvalue weighted by Gasteiger charge is -2.36. The molecule has 2 aromatic rings. The lowest BCUT2D eigenvalue weighted by molar-refractivity contribution is 0.0681. The zero-order valence-electron chi connectivity index (χ0n) is 13.8. The number of likely N-dealkylation sites (tertiary alicyclic amines) is 1. The molecule has 0 bridgehead atoms. The van der Waals surface area contributed by atoms with Crippen molar-refractivity contribution in [3.05, 3.63) is 23.8 Å². The van der Waals surface area contributed by atoms with E-state index in [0.717, 1.165) is 5.52 Å². The molecular weight excluding hydrogens is 330 g/mol. The van der Waals surface area contributed by atoms with Gasteiger partial charge in [0.2, 0.25) is 10.0 Å². The van der Waals surface area contributed by atoms with Crippen molar-refractivity contribution in [2.45, 2.75) is 25.8 Å². The molecule has 0 atom stereocenters. The zero-order chi connectivity index (χ0) is 17.3. The van der Waals surface area contributed by atoms with Crippen LogP contribution in [0.3, 0.4) is 0 Å². The second-order valence-electron chi connectivity index (χ2n) is 6.02. The van der Waals surface area contributed by atoms with Gasteiger partial charge in [-0.25, -0.2) is 8.42 Å². The summed E-state index contributed by atoms with van der Waals surface area (Å²) in [6.07, 6.45) is 2.54. The van der Waals surface area contributed by atoms with Gasteiger partial charge < -0.3 is 4.90 Å². The van der Waals surface area contributed by atoms with E-state index in [2.05, 4.69) is 15.4 Å². The van der Waals surface area contributed by atoms with E-state index in [4.69, 9.17) is 0 Å². The van der Waals surface area contributed by atoms with E-state index in [9.17, 15) is 13.2 Å². The third-order valence-electron chi connectivity index (χ3n) is 4.46. The fraction of sp³-hybridized carbons (Fsp3) is 0.533. The van der Waals surface area contributed by atoms with Crippen LogP contribution in [0.4, 0.5) is 0 Å². The highest BCUT2D eigenvalue weighted by Gasteiger charge is 2.30. The molecule has 0 spiro atoms. The first-order valence-corrected chi connectivity index (χ1v) is 9.81. The van der Waals surface area contributed by atoms with Gasteiger partial charge in [-0.05, 0) is 31.0 Å². The molecule has 9 heteroatoms. The molecule has 130 valence electrons. The van der Waals surface area contributed by atoms with E-state index in [-0.39, 0.29) is 11.9 Å². The third-order valence-corrected chi connectivity index (χ3v) is 5.87. The van der Waals surface area contributed by atoms with Crippen molar-refractivity contribution in [2.24, 2.45) is 0 Å². The van der Waals surface area contributed by atoms with Crippen LogP contribution < -0.4 is 0 Å². The molecule has 0 aliphatic carbocycles. The molecule has 1 fully saturated rings. The molecule has 24 heavy (non-hydrogen) atoms. The van der Waals surface area contributed by atoms with Gasteiger partial charge in [0.25, 0.3) is 5.91 Å². The predicted octanol–water partition coefficient (Wildman–Crippen LogP) is 0.844. The Morgan fingerprint density at radius 3 is 2.58 bits per heavy atom. The van der Waals surface area contributed by atoms with E-state index in [0.29, 0.717) is 43.6 Å². The number of carbonyl (C=O) groups excluding carboxylic acids is 1. The molecule has 8 nitrogen and oxygen atoms in total. The van der Waals surface area contributed by atoms with Crippen molar-refractivity contribution in [2.75, 3.05) is 25.9 Å². The molecule has 1 aromatic heterocycles. The molecule has 1 aliphatic rings. The summed E-state index contributed by atoms with van der Waals surface area (Å²) in [7, 11) is -3.21. The number of hydrogen-bond acceptors (Lipinski definition) is 5. The Labute approximate surface area is 140 Å². The number of carbonyl (C=O) groups is 1. The van der Waals surface area contributed by atoms with Gasteiger partial charge in [-0.2, -0.15) is 19.7 Å². The molecule has 1 saturated heterocycles. The van der Waals surface area contributed by atoms with Gasteiger partial charge in [0, 0.05) is 31.2 Å². The summed E-state index contributed by atoms with van der Waals surface area (Å²) >= 11 is 0. The molecule has 0 radical (unpaired) electrons. The van der Waals surface area contributed by atoms with Crippen LogP contribution in [0.25, 0.3) is 11.0 Å². The number of nitrogens with zero attached hydrogens (tertiary/aromatic N) is 4. The largest absolute Gasteiger partial charge is 0.339 e. The Hall–Kier alpha value is -2.00. The minimum atomic E-state index is -3.21. The number of aromatic amines is 1. The van der Waals surface area contributed by atoms with Crippen LogP contribution in [-0.4, -0.2) is 70.9 Å². The van der Waals surface area contributed by atoms with Gasteiger partial charge in [0.15, 0.2) is 0 Å². The molecule has 3 rings (SSSR count). The first-order valence-electron chi connectivity index (χ1n) is 7.96. The number of sulfonamides is 1. The van der Waals surface area contributed by atoms with Gasteiger partial charge in [0.1, 0.15) is 11.0 Å². The van der Waals surface area contributed by atoms with Crippen molar-refractivity contribution in [1.29, 1.82) is 0 Å². The van der Waals surface area contributed by atoms with E-state index < -0.39 is 10.0 Å². The molecule has 1 aliphatic heterocycles. The molecular formula is C15H21N5O3S. The van der Waals surface area contributed by atoms with E-state index >= 15 is 0 Å². The van der Waals surface area contributed by atoms with Crippen molar-refractivity contribution < 1.29 is 13.2 Å². The SMILES string of the molecule is CCN(C1CCN(C(=O)c2ccc3n[nH]nc3c2)CC1)S(C)(=O)=O. The molecule has 0 unspecified atom stereocenters. The van der Waals surface area contributed by atoms with Crippen LogP contribution in [0.2, 0.25) is 0 Å². The number of H-pyrrole nitrogens is 1. The van der Waals surface area contributed by atoms with Crippen LogP contribution in [0.15, 0.2) is 18.2 Å². The third kappa shape index (κ3) is 3.27. The van der Waals surface area contributed by atoms with E-state index in [1.165, 1.54) is 10.6 Å². The Bertz CT molecular complexity index is 840. The number of aromatic nitrogens is 3. The Balaban J connectivity index is 1.68. The minimum Gasteiger partial charge on any atom is -0.339 e. The fourth-order valence-electron chi connectivity index (χ4n) is 3.28. The molecule has 1 amide bonds. The lowest BCUT2D eigenvalue weighted by atomic mass is 10.0. The van der Waals surface area contributed by atoms with E-state index in [1.807, 2.05) is 6.92 Å². The van der Waals surface area contributed by atoms with Gasteiger partial charge in [-0.3, -0.25) is 4.79 Å². The summed E-state index contributed by atoms with van der Waals surface area (Å²) in [4.78, 5) is 14.4. The van der Waals surface area contributed by atoms with Gasteiger partial charge in [-0.1, -0.05) is 6.92 Å². The predicted molar refractivity (Wildman–Crippen MR) is 90.0 cm³/mol. The van der Waals surface area contributed by atoms with Gasteiger partial charge in [-0.15, -0.1) is 0 Å². The van der Waals surface area contributed by atoms with E-state index in [1.54, 1.807) is 23.1 Å². The Kier molecular flexibility index (Phi) is 4.55. The van der Waals surface area contributed by atoms with Crippen LogP contribution in [0.1, 0.15) is 30.1 Å². The fourth-order valence-corrected chi connectivity index (χ4v) is 4.50. The smallest absolute Gasteiger partial charge is 0.253 e. The van der Waals surface area contributed by atoms with Crippen LogP contribution in [0.5, 0.6) is 0 Å². The monoisotopic (exact) mass is 351 g/mol. The standard InChI is InChI=1S/C15H21N5O3S/c1-3-20(24(2,22)23)12-6-8-19(9-7-12)15(21)11-4-5-13-14(10-11)17-18-16-13/h4-5,10,12H,3,6-9H2,1-2H3,(H,16,17,18). The van der Waals surface area contributed by atoms with Gasteiger partial charge >= 0.3 is 0 Å². The number of fused-ring (bicyclic) bond motifs is 1. The van der Waals surface area contributed by atoms with Crippen LogP contribution >= 0.6 is 0 Å². The highest BCUT2D eigenvalue weighted by Crippen LogP contribution is 2.21. The topological polar surface area (TPSA) is 99.3 Å². The molecule has 2 heterocycles. The second-order valence-corrected chi connectivity index (χ2v) is 7.95. The number of amides is 1. The number of hydrogen-bond donors (Lipinski definition) is 1. The van der Waals surface area contributed by atoms with Crippen LogP contribution in [-0.2, 0) is 10.0 Å². The summed E-state index contributed by atoms with van der Waals surface area (Å²) < 4.78 is 25.2. The van der Waals surface area contributed by atoms with Crippen LogP contribution in [0, 0.1) is 0 Å². The van der Waals surface area contributed by atoms with Crippen molar-refractivity contribution in [1.82, 2.24) is 24.6 Å². The quantitative estimate of drug-likeness (QED) is 0.880. The summed E-state index contributed by atoms with van der Waals surface area (Å²) in [6.45, 7) is 3.39. The minimum absolute atomic E-state index is 0.0351. The maximum Gasteiger partial charge on any atom is 0.253 e. The summed E-state index contributed by atoms with van der Waals surface area (Å²) in [5.41, 5.74) is 1.95. The first-order chi connectivity index (χ1) is 11.4. The second kappa shape index (κ2) is 6.48. The number of piperidine rings is 1. The maximum absolute atomic E-state index is 12.6. The number of benzene rings is 1. The average molecular weight is 351 g/mol. The normalized spacial score (nSPS) is 16.9. The summed E-state index contributed by atoms with van der Waals surface area (Å²) in [5.74, 6) is -0.0549. The first kappa shape index (κ1) is 16.8. The highest BCUT2D eigenvalue weighted by molar-refractivity contribution is 7.88. The maximum atomic E-state index is 12.6. The molecule has 0 saturated carbocycles. The Morgan fingerprint density at radius 2 is 1.96 bits per heavy atom. The molecule has 1 N–H and O–H groups in total. The Morgan fingerprint density at radius 1 is 1.29 bits per heavy atom. The lowest BCUT2D eigenvalue weighted by Crippen LogP contribution is -2.48.